The molecular weight excluding hydrogens is 218 g/mol. The summed E-state index contributed by atoms with van der Waals surface area (Å²) in [5, 5.41) is 6.28. The van der Waals surface area contributed by atoms with Crippen molar-refractivity contribution < 1.29 is 9.53 Å². The summed E-state index contributed by atoms with van der Waals surface area (Å²) >= 11 is 0. The van der Waals surface area contributed by atoms with Crippen molar-refractivity contribution in [2.75, 3.05) is 45.9 Å². The van der Waals surface area contributed by atoms with E-state index in [-0.39, 0.29) is 11.9 Å². The highest BCUT2D eigenvalue weighted by atomic mass is 16.5. The largest absolute Gasteiger partial charge is 0.379 e. The smallest absolute Gasteiger partial charge is 0.237 e. The molecule has 98 valence electrons. The number of nitrogens with zero attached hydrogens (tertiary/aromatic N) is 1. The summed E-state index contributed by atoms with van der Waals surface area (Å²) < 4.78 is 5.28. The molecule has 2 aliphatic heterocycles. The Bertz CT molecular complexity index is 236. The van der Waals surface area contributed by atoms with Crippen LogP contribution >= 0.6 is 0 Å². The second kappa shape index (κ2) is 6.93. The van der Waals surface area contributed by atoms with Crippen LogP contribution in [0.1, 0.15) is 19.3 Å². The Labute approximate surface area is 103 Å². The van der Waals surface area contributed by atoms with Crippen LogP contribution in [-0.4, -0.2) is 62.8 Å². The molecule has 1 amide bonds. The van der Waals surface area contributed by atoms with Gasteiger partial charge in [0.2, 0.25) is 5.91 Å². The highest BCUT2D eigenvalue weighted by Gasteiger charge is 2.20. The number of nitrogens with one attached hydrogen (secondary N) is 2. The highest BCUT2D eigenvalue weighted by Crippen LogP contribution is 2.06. The zero-order valence-corrected chi connectivity index (χ0v) is 10.4. The second-order valence-electron chi connectivity index (χ2n) is 4.75. The molecule has 0 unspecified atom stereocenters. The Kier molecular flexibility index (Phi) is 5.22. The summed E-state index contributed by atoms with van der Waals surface area (Å²) in [5.41, 5.74) is 0. The van der Waals surface area contributed by atoms with Crippen molar-refractivity contribution >= 4 is 5.91 Å². The van der Waals surface area contributed by atoms with Crippen molar-refractivity contribution in [1.29, 1.82) is 0 Å². The van der Waals surface area contributed by atoms with Gasteiger partial charge in [-0.2, -0.15) is 0 Å². The molecular formula is C12H23N3O2. The summed E-state index contributed by atoms with van der Waals surface area (Å²) in [5.74, 6) is 0.165. The maximum Gasteiger partial charge on any atom is 0.237 e. The highest BCUT2D eigenvalue weighted by molar-refractivity contribution is 5.81. The number of rotatable bonds is 4. The van der Waals surface area contributed by atoms with Crippen LogP contribution in [0.25, 0.3) is 0 Å². The van der Waals surface area contributed by atoms with Gasteiger partial charge in [0.25, 0.3) is 0 Å². The van der Waals surface area contributed by atoms with E-state index in [1.165, 1.54) is 6.42 Å². The molecule has 0 radical (unpaired) electrons. The first-order valence-corrected chi connectivity index (χ1v) is 6.67. The molecule has 5 heteroatoms. The van der Waals surface area contributed by atoms with E-state index < -0.39 is 0 Å². The molecule has 0 aromatic heterocycles. The third-order valence-corrected chi connectivity index (χ3v) is 3.46. The Morgan fingerprint density at radius 3 is 2.88 bits per heavy atom. The van der Waals surface area contributed by atoms with Crippen LogP contribution in [0.2, 0.25) is 0 Å². The second-order valence-corrected chi connectivity index (χ2v) is 4.75. The van der Waals surface area contributed by atoms with Crippen molar-refractivity contribution in [2.24, 2.45) is 0 Å². The van der Waals surface area contributed by atoms with E-state index in [2.05, 4.69) is 15.5 Å². The Morgan fingerprint density at radius 2 is 2.18 bits per heavy atom. The number of carbonyl (C=O) groups excluding carboxylic acids is 1. The number of piperidine rings is 1. The first kappa shape index (κ1) is 12.8. The zero-order chi connectivity index (χ0) is 11.9. The van der Waals surface area contributed by atoms with E-state index >= 15 is 0 Å². The SMILES string of the molecule is O=C(NCCN1CCOCC1)[C@@H]1CCCCN1. The van der Waals surface area contributed by atoms with Gasteiger partial charge in [0.15, 0.2) is 0 Å². The van der Waals surface area contributed by atoms with Gasteiger partial charge in [-0.15, -0.1) is 0 Å². The molecule has 2 N–H and O–H groups in total. The first-order chi connectivity index (χ1) is 8.36. The Morgan fingerprint density at radius 1 is 1.35 bits per heavy atom. The first-order valence-electron chi connectivity index (χ1n) is 6.67. The summed E-state index contributed by atoms with van der Waals surface area (Å²) in [6.07, 6.45) is 3.33. The molecule has 0 bridgehead atoms. The summed E-state index contributed by atoms with van der Waals surface area (Å²) in [6.45, 7) is 6.26. The van der Waals surface area contributed by atoms with Crippen LogP contribution < -0.4 is 10.6 Å². The average molecular weight is 241 g/mol. The van der Waals surface area contributed by atoms with E-state index in [0.29, 0.717) is 0 Å². The van der Waals surface area contributed by atoms with Gasteiger partial charge in [-0.05, 0) is 19.4 Å². The predicted molar refractivity (Wildman–Crippen MR) is 65.9 cm³/mol. The number of hydrogen-bond donors (Lipinski definition) is 2. The normalized spacial score (nSPS) is 26.7. The minimum absolute atomic E-state index is 0.0356. The molecule has 2 aliphatic rings. The number of carbonyl (C=O) groups is 1. The zero-order valence-electron chi connectivity index (χ0n) is 10.4. The quantitative estimate of drug-likeness (QED) is 0.702. The lowest BCUT2D eigenvalue weighted by Gasteiger charge is -2.27. The molecule has 5 nitrogen and oxygen atoms in total. The van der Waals surface area contributed by atoms with E-state index in [4.69, 9.17) is 4.74 Å². The molecule has 1 atom stereocenters. The maximum absolute atomic E-state index is 11.8. The molecule has 2 fully saturated rings. The van der Waals surface area contributed by atoms with E-state index in [1.807, 2.05) is 0 Å². The van der Waals surface area contributed by atoms with Gasteiger partial charge in [-0.1, -0.05) is 6.42 Å². The van der Waals surface area contributed by atoms with Crippen LogP contribution in [0.4, 0.5) is 0 Å². The standard InChI is InChI=1S/C12H23N3O2/c16-12(11-3-1-2-4-13-11)14-5-6-15-7-9-17-10-8-15/h11,13H,1-10H2,(H,14,16)/t11-/m0/s1. The number of morpholine rings is 1. The van der Waals surface area contributed by atoms with Crippen LogP contribution in [0.15, 0.2) is 0 Å². The van der Waals surface area contributed by atoms with Gasteiger partial charge < -0.3 is 15.4 Å². The maximum atomic E-state index is 11.8. The molecule has 17 heavy (non-hydrogen) atoms. The molecule has 0 saturated carbocycles. The lowest BCUT2D eigenvalue weighted by molar-refractivity contribution is -0.123. The van der Waals surface area contributed by atoms with E-state index in [1.54, 1.807) is 0 Å². The predicted octanol–water partition coefficient (Wildman–Crippen LogP) is -0.423. The minimum Gasteiger partial charge on any atom is -0.379 e. The Balaban J connectivity index is 1.58. The minimum atomic E-state index is 0.0356. The number of ether oxygens (including phenoxy) is 1. The lowest BCUT2D eigenvalue weighted by Crippen LogP contribution is -2.48. The molecule has 0 spiro atoms. The van der Waals surface area contributed by atoms with Crippen molar-refractivity contribution in [3.05, 3.63) is 0 Å². The summed E-state index contributed by atoms with van der Waals surface area (Å²) in [7, 11) is 0. The molecule has 2 heterocycles. The average Bonchev–Trinajstić information content (AvgIpc) is 2.41. The van der Waals surface area contributed by atoms with Gasteiger partial charge in [-0.3, -0.25) is 9.69 Å². The van der Waals surface area contributed by atoms with Crippen LogP contribution in [0.3, 0.4) is 0 Å². The molecule has 0 aliphatic carbocycles. The van der Waals surface area contributed by atoms with E-state index in [0.717, 1.165) is 58.8 Å². The van der Waals surface area contributed by atoms with Crippen LogP contribution in [0.5, 0.6) is 0 Å². The van der Waals surface area contributed by atoms with Crippen LogP contribution in [0, 0.1) is 0 Å². The lowest BCUT2D eigenvalue weighted by atomic mass is 10.0. The van der Waals surface area contributed by atoms with Crippen LogP contribution in [-0.2, 0) is 9.53 Å². The van der Waals surface area contributed by atoms with Crippen molar-refractivity contribution in [3.63, 3.8) is 0 Å². The summed E-state index contributed by atoms with van der Waals surface area (Å²) in [4.78, 5) is 14.2. The summed E-state index contributed by atoms with van der Waals surface area (Å²) in [6, 6.07) is 0.0356. The molecule has 0 aromatic rings. The third-order valence-electron chi connectivity index (χ3n) is 3.46. The van der Waals surface area contributed by atoms with E-state index in [9.17, 15) is 4.79 Å². The van der Waals surface area contributed by atoms with Gasteiger partial charge in [0, 0.05) is 26.2 Å². The fourth-order valence-electron chi connectivity index (χ4n) is 2.36. The monoisotopic (exact) mass is 241 g/mol. The fraction of sp³-hybridized carbons (Fsp3) is 0.917. The van der Waals surface area contributed by atoms with Gasteiger partial charge in [0.1, 0.15) is 0 Å². The van der Waals surface area contributed by atoms with Gasteiger partial charge >= 0.3 is 0 Å². The molecule has 2 saturated heterocycles. The van der Waals surface area contributed by atoms with Crippen molar-refractivity contribution in [3.8, 4) is 0 Å². The topological polar surface area (TPSA) is 53.6 Å². The Hall–Kier alpha value is -0.650. The fourth-order valence-corrected chi connectivity index (χ4v) is 2.36. The molecule has 0 aromatic carbocycles. The van der Waals surface area contributed by atoms with Crippen molar-refractivity contribution in [2.45, 2.75) is 25.3 Å². The van der Waals surface area contributed by atoms with Gasteiger partial charge in [-0.25, -0.2) is 0 Å². The molecule has 2 rings (SSSR count). The number of amides is 1. The third kappa shape index (κ3) is 4.26. The van der Waals surface area contributed by atoms with Gasteiger partial charge in [0.05, 0.1) is 19.3 Å². The number of hydrogen-bond acceptors (Lipinski definition) is 4. The van der Waals surface area contributed by atoms with Crippen molar-refractivity contribution in [1.82, 2.24) is 15.5 Å².